The molecule has 0 radical (unpaired) electrons. The van der Waals surface area contributed by atoms with E-state index in [0.29, 0.717) is 6.42 Å². The van der Waals surface area contributed by atoms with Crippen LogP contribution in [0.25, 0.3) is 0 Å². The Morgan fingerprint density at radius 1 is 0.958 bits per heavy atom. The maximum atomic E-state index is 12.6. The minimum Gasteiger partial charge on any atom is -0.368 e. The standard InChI is InChI=1S/C21H26N2O/c1-3-18-8-10-20(11-9-18)22-12-14-23(15-13-22)21(24)16-19-7-5-4-6-17(19)2/h4-11H,3,12-16H2,1-2H3. The van der Waals surface area contributed by atoms with Crippen LogP contribution in [0.4, 0.5) is 5.69 Å². The summed E-state index contributed by atoms with van der Waals surface area (Å²) < 4.78 is 0. The molecule has 1 heterocycles. The number of anilines is 1. The topological polar surface area (TPSA) is 23.6 Å². The summed E-state index contributed by atoms with van der Waals surface area (Å²) in [6.45, 7) is 7.67. The zero-order valence-electron chi connectivity index (χ0n) is 14.7. The van der Waals surface area contributed by atoms with Crippen molar-refractivity contribution >= 4 is 11.6 Å². The highest BCUT2D eigenvalue weighted by Crippen LogP contribution is 2.18. The SMILES string of the molecule is CCc1ccc(N2CCN(C(=O)Cc3ccccc3C)CC2)cc1. The van der Waals surface area contributed by atoms with Gasteiger partial charge in [0.15, 0.2) is 0 Å². The number of aryl methyl sites for hydroxylation is 2. The lowest BCUT2D eigenvalue weighted by Crippen LogP contribution is -2.49. The summed E-state index contributed by atoms with van der Waals surface area (Å²) in [5, 5.41) is 0. The van der Waals surface area contributed by atoms with Gasteiger partial charge in [-0.25, -0.2) is 0 Å². The number of carbonyl (C=O) groups is 1. The molecule has 1 aliphatic rings. The monoisotopic (exact) mass is 322 g/mol. The molecule has 3 nitrogen and oxygen atoms in total. The Kier molecular flexibility index (Phi) is 5.19. The first kappa shape index (κ1) is 16.6. The Bertz CT molecular complexity index is 685. The van der Waals surface area contributed by atoms with Crippen molar-refractivity contribution in [1.29, 1.82) is 0 Å². The Morgan fingerprint density at radius 3 is 2.25 bits per heavy atom. The summed E-state index contributed by atoms with van der Waals surface area (Å²) in [6, 6.07) is 16.9. The van der Waals surface area contributed by atoms with Crippen LogP contribution < -0.4 is 4.90 Å². The summed E-state index contributed by atoms with van der Waals surface area (Å²) in [5.41, 5.74) is 4.96. The van der Waals surface area contributed by atoms with E-state index >= 15 is 0 Å². The fourth-order valence-electron chi connectivity index (χ4n) is 3.24. The molecule has 0 N–H and O–H groups in total. The van der Waals surface area contributed by atoms with Gasteiger partial charge in [0.25, 0.3) is 0 Å². The predicted octanol–water partition coefficient (Wildman–Crippen LogP) is 3.45. The fraction of sp³-hybridized carbons (Fsp3) is 0.381. The lowest BCUT2D eigenvalue weighted by molar-refractivity contribution is -0.130. The lowest BCUT2D eigenvalue weighted by Gasteiger charge is -2.36. The van der Waals surface area contributed by atoms with Crippen LogP contribution >= 0.6 is 0 Å². The molecule has 0 aromatic heterocycles. The maximum Gasteiger partial charge on any atom is 0.227 e. The van der Waals surface area contributed by atoms with E-state index in [1.807, 2.05) is 17.0 Å². The third kappa shape index (κ3) is 3.78. The van der Waals surface area contributed by atoms with Crippen molar-refractivity contribution in [1.82, 2.24) is 4.90 Å². The van der Waals surface area contributed by atoms with Gasteiger partial charge < -0.3 is 9.80 Å². The van der Waals surface area contributed by atoms with Crippen LogP contribution in [0.1, 0.15) is 23.6 Å². The van der Waals surface area contributed by atoms with Gasteiger partial charge in [-0.15, -0.1) is 0 Å². The predicted molar refractivity (Wildman–Crippen MR) is 99.5 cm³/mol. The third-order valence-corrected chi connectivity index (χ3v) is 4.95. The van der Waals surface area contributed by atoms with Gasteiger partial charge in [-0.1, -0.05) is 43.3 Å². The Balaban J connectivity index is 1.56. The van der Waals surface area contributed by atoms with Crippen molar-refractivity contribution in [2.75, 3.05) is 31.1 Å². The third-order valence-electron chi connectivity index (χ3n) is 4.95. The van der Waals surface area contributed by atoms with Gasteiger partial charge in [-0.2, -0.15) is 0 Å². The molecule has 3 rings (SSSR count). The molecule has 2 aromatic rings. The van der Waals surface area contributed by atoms with E-state index in [1.165, 1.54) is 16.8 Å². The van der Waals surface area contributed by atoms with Crippen molar-refractivity contribution in [3.05, 3.63) is 65.2 Å². The molecular weight excluding hydrogens is 296 g/mol. The summed E-state index contributed by atoms with van der Waals surface area (Å²) >= 11 is 0. The highest BCUT2D eigenvalue weighted by atomic mass is 16.2. The van der Waals surface area contributed by atoms with E-state index in [1.54, 1.807) is 0 Å². The molecule has 0 bridgehead atoms. The lowest BCUT2D eigenvalue weighted by atomic mass is 10.1. The number of piperazine rings is 1. The zero-order chi connectivity index (χ0) is 16.9. The van der Waals surface area contributed by atoms with E-state index in [4.69, 9.17) is 0 Å². The number of nitrogens with zero attached hydrogens (tertiary/aromatic N) is 2. The van der Waals surface area contributed by atoms with E-state index in [0.717, 1.165) is 38.2 Å². The van der Waals surface area contributed by atoms with Crippen molar-refractivity contribution < 1.29 is 4.79 Å². The van der Waals surface area contributed by atoms with Crippen LogP contribution in [0.3, 0.4) is 0 Å². The molecular formula is C21H26N2O. The molecule has 1 aliphatic heterocycles. The molecule has 1 amide bonds. The van der Waals surface area contributed by atoms with Gasteiger partial charge in [-0.05, 0) is 42.2 Å². The molecule has 24 heavy (non-hydrogen) atoms. The second kappa shape index (κ2) is 7.52. The molecule has 126 valence electrons. The van der Waals surface area contributed by atoms with Crippen LogP contribution in [0.5, 0.6) is 0 Å². The Morgan fingerprint density at radius 2 is 1.62 bits per heavy atom. The fourth-order valence-corrected chi connectivity index (χ4v) is 3.24. The van der Waals surface area contributed by atoms with Gasteiger partial charge in [0.1, 0.15) is 0 Å². The summed E-state index contributed by atoms with van der Waals surface area (Å²) in [7, 11) is 0. The normalized spacial score (nSPS) is 14.8. The first-order valence-corrected chi connectivity index (χ1v) is 8.83. The highest BCUT2D eigenvalue weighted by Gasteiger charge is 2.21. The molecule has 0 spiro atoms. The van der Waals surface area contributed by atoms with E-state index < -0.39 is 0 Å². The molecule has 3 heteroatoms. The van der Waals surface area contributed by atoms with Crippen LogP contribution in [0.2, 0.25) is 0 Å². The number of benzene rings is 2. The minimum absolute atomic E-state index is 0.241. The molecule has 0 atom stereocenters. The van der Waals surface area contributed by atoms with Crippen molar-refractivity contribution in [3.8, 4) is 0 Å². The molecule has 1 fully saturated rings. The number of carbonyl (C=O) groups excluding carboxylic acids is 1. The van der Waals surface area contributed by atoms with Crippen molar-refractivity contribution in [3.63, 3.8) is 0 Å². The molecule has 0 aliphatic carbocycles. The molecule has 0 saturated carbocycles. The van der Waals surface area contributed by atoms with E-state index in [-0.39, 0.29) is 5.91 Å². The number of hydrogen-bond donors (Lipinski definition) is 0. The first-order chi connectivity index (χ1) is 11.7. The molecule has 0 unspecified atom stereocenters. The van der Waals surface area contributed by atoms with Crippen LogP contribution in [-0.2, 0) is 17.6 Å². The Labute approximate surface area is 144 Å². The second-order valence-electron chi connectivity index (χ2n) is 6.49. The second-order valence-corrected chi connectivity index (χ2v) is 6.49. The number of rotatable bonds is 4. The van der Waals surface area contributed by atoms with Crippen LogP contribution in [-0.4, -0.2) is 37.0 Å². The average molecular weight is 322 g/mol. The summed E-state index contributed by atoms with van der Waals surface area (Å²) in [6.07, 6.45) is 1.58. The van der Waals surface area contributed by atoms with Crippen molar-refractivity contribution in [2.24, 2.45) is 0 Å². The largest absolute Gasteiger partial charge is 0.368 e. The number of hydrogen-bond acceptors (Lipinski definition) is 2. The number of amides is 1. The zero-order valence-corrected chi connectivity index (χ0v) is 14.7. The average Bonchev–Trinajstić information content (AvgIpc) is 2.64. The van der Waals surface area contributed by atoms with Gasteiger partial charge in [0.05, 0.1) is 6.42 Å². The first-order valence-electron chi connectivity index (χ1n) is 8.83. The minimum atomic E-state index is 0.241. The van der Waals surface area contributed by atoms with Crippen molar-refractivity contribution in [2.45, 2.75) is 26.7 Å². The van der Waals surface area contributed by atoms with E-state index in [9.17, 15) is 4.79 Å². The van der Waals surface area contributed by atoms with Crippen LogP contribution in [0.15, 0.2) is 48.5 Å². The summed E-state index contributed by atoms with van der Waals surface area (Å²) in [4.78, 5) is 16.9. The van der Waals surface area contributed by atoms with Gasteiger partial charge in [-0.3, -0.25) is 4.79 Å². The quantitative estimate of drug-likeness (QED) is 0.861. The summed E-state index contributed by atoms with van der Waals surface area (Å²) in [5.74, 6) is 0.241. The van der Waals surface area contributed by atoms with Gasteiger partial charge in [0.2, 0.25) is 5.91 Å². The molecule has 1 saturated heterocycles. The van der Waals surface area contributed by atoms with E-state index in [2.05, 4.69) is 55.1 Å². The van der Waals surface area contributed by atoms with Crippen LogP contribution in [0, 0.1) is 6.92 Å². The molecule has 2 aromatic carbocycles. The maximum absolute atomic E-state index is 12.6. The van der Waals surface area contributed by atoms with Gasteiger partial charge >= 0.3 is 0 Å². The highest BCUT2D eigenvalue weighted by molar-refractivity contribution is 5.79. The Hall–Kier alpha value is -2.29. The van der Waals surface area contributed by atoms with Gasteiger partial charge in [0, 0.05) is 31.9 Å². The smallest absolute Gasteiger partial charge is 0.227 e.